The van der Waals surface area contributed by atoms with Crippen LogP contribution >= 0.6 is 11.8 Å². The first-order valence-electron chi connectivity index (χ1n) is 10.1. The normalized spacial score (nSPS) is 22.6. The number of hydrogen-bond donors (Lipinski definition) is 0. The van der Waals surface area contributed by atoms with Gasteiger partial charge in [-0.25, -0.2) is 4.68 Å². The lowest BCUT2D eigenvalue weighted by molar-refractivity contribution is 0.208. The lowest BCUT2D eigenvalue weighted by atomic mass is 10.1. The molecule has 1 saturated heterocycles. The molecule has 0 N–H and O–H groups in total. The molecule has 0 aliphatic carbocycles. The highest BCUT2D eigenvalue weighted by Crippen LogP contribution is 2.24. The Morgan fingerprint density at radius 2 is 2.11 bits per heavy atom. The topological polar surface area (TPSA) is 68.8 Å². The fraction of sp³-hybridized carbons (Fsp3) is 0.684. The van der Waals surface area contributed by atoms with Gasteiger partial charge in [-0.1, -0.05) is 0 Å². The van der Waals surface area contributed by atoms with E-state index in [9.17, 15) is 4.79 Å². The zero-order chi connectivity index (χ0) is 18.2. The van der Waals surface area contributed by atoms with Crippen LogP contribution in [0.25, 0.3) is 0 Å². The predicted octanol–water partition coefficient (Wildman–Crippen LogP) is 1.62. The molecule has 8 heteroatoms. The molecule has 0 radical (unpaired) electrons. The fourth-order valence-electron chi connectivity index (χ4n) is 4.56. The second-order valence-corrected chi connectivity index (χ2v) is 8.95. The van der Waals surface area contributed by atoms with Gasteiger partial charge < -0.3 is 4.57 Å². The molecule has 5 rings (SSSR count). The average molecular weight is 387 g/mol. The second-order valence-electron chi connectivity index (χ2n) is 7.85. The Hall–Kier alpha value is -1.67. The van der Waals surface area contributed by atoms with E-state index in [0.717, 1.165) is 73.3 Å². The minimum Gasteiger partial charge on any atom is -0.314 e. The summed E-state index contributed by atoms with van der Waals surface area (Å²) in [5.74, 6) is 4.24. The molecule has 3 aliphatic heterocycles. The van der Waals surface area contributed by atoms with E-state index in [-0.39, 0.29) is 5.56 Å². The third-order valence-corrected chi connectivity index (χ3v) is 7.08. The number of hydrogen-bond acceptors (Lipinski definition) is 6. The summed E-state index contributed by atoms with van der Waals surface area (Å²) in [5.41, 5.74) is 2.29. The van der Waals surface area contributed by atoms with E-state index >= 15 is 0 Å². The Morgan fingerprint density at radius 1 is 1.15 bits per heavy atom. The number of nitrogens with zero attached hydrogens (tertiary/aromatic N) is 6. The summed E-state index contributed by atoms with van der Waals surface area (Å²) < 4.78 is 4.01. The quantitative estimate of drug-likeness (QED) is 0.795. The van der Waals surface area contributed by atoms with Gasteiger partial charge in [-0.15, -0.1) is 10.2 Å². The van der Waals surface area contributed by atoms with E-state index in [2.05, 4.69) is 19.7 Å². The molecular formula is C19H26N6OS. The lowest BCUT2D eigenvalue weighted by Crippen LogP contribution is -2.38. The summed E-state index contributed by atoms with van der Waals surface area (Å²) in [6.07, 6.45) is 6.73. The van der Waals surface area contributed by atoms with Crippen LogP contribution in [0, 0.1) is 0 Å². The second kappa shape index (κ2) is 7.39. The highest BCUT2D eigenvalue weighted by molar-refractivity contribution is 7.98. The van der Waals surface area contributed by atoms with Crippen molar-refractivity contribution in [2.45, 2.75) is 70.0 Å². The molecule has 1 fully saturated rings. The minimum atomic E-state index is 0.0444. The largest absolute Gasteiger partial charge is 0.314 e. The van der Waals surface area contributed by atoms with Crippen molar-refractivity contribution in [2.24, 2.45) is 0 Å². The van der Waals surface area contributed by atoms with Crippen molar-refractivity contribution in [3.63, 3.8) is 0 Å². The van der Waals surface area contributed by atoms with Crippen LogP contribution in [-0.2, 0) is 38.2 Å². The van der Waals surface area contributed by atoms with E-state index in [4.69, 9.17) is 5.10 Å². The molecule has 7 nitrogen and oxygen atoms in total. The molecule has 0 aromatic carbocycles. The maximum Gasteiger partial charge on any atom is 0.267 e. The van der Waals surface area contributed by atoms with Crippen molar-refractivity contribution in [2.75, 3.05) is 12.3 Å². The summed E-state index contributed by atoms with van der Waals surface area (Å²) >= 11 is 1.89. The van der Waals surface area contributed by atoms with E-state index in [1.165, 1.54) is 19.3 Å². The summed E-state index contributed by atoms with van der Waals surface area (Å²) in [6, 6.07) is 2.16. The fourth-order valence-corrected chi connectivity index (χ4v) is 5.51. The molecule has 2 aromatic rings. The van der Waals surface area contributed by atoms with Gasteiger partial charge in [-0.2, -0.15) is 16.9 Å². The standard InChI is InChI=1S/C19H26N6OS/c26-19-10-14-13-27-9-6-16(14)22-25(19)11-15-4-3-7-23(15)12-18-21-20-17-5-1-2-8-24(17)18/h10,15H,1-9,11-13H2. The zero-order valence-corrected chi connectivity index (χ0v) is 16.5. The molecule has 1 atom stereocenters. The maximum atomic E-state index is 12.5. The summed E-state index contributed by atoms with van der Waals surface area (Å²) in [6.45, 7) is 3.61. The van der Waals surface area contributed by atoms with Gasteiger partial charge in [0.1, 0.15) is 11.6 Å². The molecule has 27 heavy (non-hydrogen) atoms. The zero-order valence-electron chi connectivity index (χ0n) is 15.6. The summed E-state index contributed by atoms with van der Waals surface area (Å²) in [5, 5.41) is 13.6. The molecule has 0 saturated carbocycles. The van der Waals surface area contributed by atoms with Crippen molar-refractivity contribution in [3.8, 4) is 0 Å². The van der Waals surface area contributed by atoms with Gasteiger partial charge in [-0.3, -0.25) is 9.69 Å². The summed E-state index contributed by atoms with van der Waals surface area (Å²) in [4.78, 5) is 15.0. The van der Waals surface area contributed by atoms with Gasteiger partial charge in [0, 0.05) is 37.2 Å². The average Bonchev–Trinajstić information content (AvgIpc) is 3.30. The van der Waals surface area contributed by atoms with E-state index in [1.807, 2.05) is 17.8 Å². The van der Waals surface area contributed by atoms with Crippen molar-refractivity contribution in [1.82, 2.24) is 29.4 Å². The van der Waals surface area contributed by atoms with E-state index in [0.29, 0.717) is 12.6 Å². The molecular weight excluding hydrogens is 360 g/mol. The smallest absolute Gasteiger partial charge is 0.267 e. The number of thioether (sulfide) groups is 1. The number of rotatable bonds is 4. The third kappa shape index (κ3) is 3.45. The minimum absolute atomic E-state index is 0.0444. The number of likely N-dealkylation sites (tertiary alicyclic amines) is 1. The molecule has 0 amide bonds. The van der Waals surface area contributed by atoms with Gasteiger partial charge in [0.25, 0.3) is 5.56 Å². The summed E-state index contributed by atoms with van der Waals surface area (Å²) in [7, 11) is 0. The molecule has 3 aliphatic rings. The number of aromatic nitrogens is 5. The molecule has 144 valence electrons. The van der Waals surface area contributed by atoms with Gasteiger partial charge in [0.05, 0.1) is 18.8 Å². The number of fused-ring (bicyclic) bond motifs is 2. The van der Waals surface area contributed by atoms with Gasteiger partial charge in [-0.05, 0) is 43.5 Å². The van der Waals surface area contributed by atoms with Gasteiger partial charge in [0.2, 0.25) is 0 Å². The third-order valence-electron chi connectivity index (χ3n) is 6.07. The van der Waals surface area contributed by atoms with Crippen LogP contribution in [0.3, 0.4) is 0 Å². The predicted molar refractivity (Wildman–Crippen MR) is 105 cm³/mol. The van der Waals surface area contributed by atoms with Crippen molar-refractivity contribution in [1.29, 1.82) is 0 Å². The Kier molecular flexibility index (Phi) is 4.77. The van der Waals surface area contributed by atoms with Crippen LogP contribution in [0.1, 0.15) is 48.6 Å². The van der Waals surface area contributed by atoms with Crippen LogP contribution in [0.15, 0.2) is 10.9 Å². The Bertz CT molecular complexity index is 891. The highest BCUT2D eigenvalue weighted by atomic mass is 32.2. The molecule has 1 unspecified atom stereocenters. The van der Waals surface area contributed by atoms with Crippen molar-refractivity contribution < 1.29 is 0 Å². The van der Waals surface area contributed by atoms with Gasteiger partial charge >= 0.3 is 0 Å². The number of aryl methyl sites for hydroxylation is 2. The lowest BCUT2D eigenvalue weighted by Gasteiger charge is -2.25. The molecule has 0 spiro atoms. The van der Waals surface area contributed by atoms with Crippen LogP contribution < -0.4 is 5.56 Å². The van der Waals surface area contributed by atoms with Gasteiger partial charge in [0.15, 0.2) is 0 Å². The van der Waals surface area contributed by atoms with Crippen molar-refractivity contribution >= 4 is 11.8 Å². The first-order valence-corrected chi connectivity index (χ1v) is 11.3. The van der Waals surface area contributed by atoms with Crippen LogP contribution in [0.2, 0.25) is 0 Å². The highest BCUT2D eigenvalue weighted by Gasteiger charge is 2.28. The first kappa shape index (κ1) is 17.4. The van der Waals surface area contributed by atoms with Crippen molar-refractivity contribution in [3.05, 3.63) is 39.3 Å². The molecule has 2 aromatic heterocycles. The van der Waals surface area contributed by atoms with E-state index in [1.54, 1.807) is 4.68 Å². The van der Waals surface area contributed by atoms with Crippen LogP contribution in [0.4, 0.5) is 0 Å². The molecule has 0 bridgehead atoms. The Labute approximate surface area is 163 Å². The SMILES string of the molecule is O=c1cc2c(nn1CC1CCCN1Cc1nnc3n1CCCC3)CCSC2. The Morgan fingerprint density at radius 3 is 3.07 bits per heavy atom. The molecule has 5 heterocycles. The van der Waals surface area contributed by atoms with Crippen LogP contribution in [0.5, 0.6) is 0 Å². The monoisotopic (exact) mass is 386 g/mol. The van der Waals surface area contributed by atoms with E-state index < -0.39 is 0 Å². The van der Waals surface area contributed by atoms with Crippen LogP contribution in [-0.4, -0.2) is 47.8 Å². The first-order chi connectivity index (χ1) is 13.3. The Balaban J connectivity index is 1.33. The maximum absolute atomic E-state index is 12.5.